The van der Waals surface area contributed by atoms with Gasteiger partial charge in [-0.05, 0) is 43.4 Å². The first-order chi connectivity index (χ1) is 14.2. The third-order valence-electron chi connectivity index (χ3n) is 5.72. The van der Waals surface area contributed by atoms with Crippen molar-refractivity contribution in [2.24, 2.45) is 5.92 Å². The van der Waals surface area contributed by atoms with Crippen LogP contribution in [0.5, 0.6) is 5.75 Å². The van der Waals surface area contributed by atoms with Gasteiger partial charge in [0.25, 0.3) is 5.91 Å². The molecule has 3 aromatic rings. The van der Waals surface area contributed by atoms with E-state index in [1.807, 2.05) is 49.4 Å². The summed E-state index contributed by atoms with van der Waals surface area (Å²) in [5.41, 5.74) is 3.01. The molecule has 0 aliphatic heterocycles. The van der Waals surface area contributed by atoms with Crippen molar-refractivity contribution in [2.45, 2.75) is 38.6 Å². The highest BCUT2D eigenvalue weighted by molar-refractivity contribution is 5.93. The summed E-state index contributed by atoms with van der Waals surface area (Å²) in [5.74, 6) is 1.00. The van der Waals surface area contributed by atoms with Gasteiger partial charge in [0.15, 0.2) is 5.69 Å². The summed E-state index contributed by atoms with van der Waals surface area (Å²) in [7, 11) is 1.62. The quantitative estimate of drug-likeness (QED) is 0.683. The fourth-order valence-electron chi connectivity index (χ4n) is 4.16. The molecule has 1 heterocycles. The summed E-state index contributed by atoms with van der Waals surface area (Å²) in [6.07, 6.45) is 4.70. The van der Waals surface area contributed by atoms with Gasteiger partial charge in [0.05, 0.1) is 24.5 Å². The number of methoxy groups -OCH3 is 1. The van der Waals surface area contributed by atoms with Gasteiger partial charge in [-0.1, -0.05) is 54.5 Å². The lowest BCUT2D eigenvalue weighted by Crippen LogP contribution is -2.33. The van der Waals surface area contributed by atoms with Gasteiger partial charge in [-0.2, -0.15) is 0 Å². The molecule has 150 valence electrons. The van der Waals surface area contributed by atoms with Crippen LogP contribution in [0.3, 0.4) is 0 Å². The smallest absolute Gasteiger partial charge is 0.274 e. The Morgan fingerprint density at radius 3 is 2.62 bits per heavy atom. The van der Waals surface area contributed by atoms with Crippen molar-refractivity contribution in [3.63, 3.8) is 0 Å². The van der Waals surface area contributed by atoms with Crippen LogP contribution in [0.25, 0.3) is 5.69 Å². The van der Waals surface area contributed by atoms with E-state index in [0.29, 0.717) is 17.3 Å². The first kappa shape index (κ1) is 19.2. The van der Waals surface area contributed by atoms with E-state index < -0.39 is 0 Å². The van der Waals surface area contributed by atoms with E-state index in [4.69, 9.17) is 4.74 Å². The zero-order chi connectivity index (χ0) is 20.2. The Kier molecular flexibility index (Phi) is 5.60. The van der Waals surface area contributed by atoms with Gasteiger partial charge in [0.1, 0.15) is 5.75 Å². The van der Waals surface area contributed by atoms with Crippen LogP contribution >= 0.6 is 0 Å². The molecule has 1 saturated carbocycles. The zero-order valence-corrected chi connectivity index (χ0v) is 16.8. The SMILES string of the molecule is COc1cccc(-n2nnc(C(=O)NC(c3ccccc3)C3CCCC3)c2C)c1. The summed E-state index contributed by atoms with van der Waals surface area (Å²) < 4.78 is 6.96. The molecule has 0 radical (unpaired) electrons. The van der Waals surface area contributed by atoms with Crippen LogP contribution in [0.4, 0.5) is 0 Å². The molecule has 1 N–H and O–H groups in total. The Balaban J connectivity index is 1.59. The van der Waals surface area contributed by atoms with Gasteiger partial charge < -0.3 is 10.1 Å². The first-order valence-corrected chi connectivity index (χ1v) is 10.1. The predicted molar refractivity (Wildman–Crippen MR) is 111 cm³/mol. The molecule has 4 rings (SSSR count). The number of benzene rings is 2. The average Bonchev–Trinajstić information content (AvgIpc) is 3.42. The highest BCUT2D eigenvalue weighted by Crippen LogP contribution is 2.36. The third kappa shape index (κ3) is 4.01. The fourth-order valence-corrected chi connectivity index (χ4v) is 4.16. The number of carbonyl (C=O) groups is 1. The molecule has 6 heteroatoms. The maximum atomic E-state index is 13.1. The van der Waals surface area contributed by atoms with Crippen molar-refractivity contribution in [1.29, 1.82) is 0 Å². The number of aromatic nitrogens is 3. The van der Waals surface area contributed by atoms with E-state index in [1.165, 1.54) is 12.8 Å². The Bertz CT molecular complexity index is 978. The van der Waals surface area contributed by atoms with E-state index in [-0.39, 0.29) is 11.9 Å². The number of nitrogens with zero attached hydrogens (tertiary/aromatic N) is 3. The van der Waals surface area contributed by atoms with E-state index in [0.717, 1.165) is 29.8 Å². The molecule has 1 amide bonds. The van der Waals surface area contributed by atoms with E-state index >= 15 is 0 Å². The molecule has 0 saturated heterocycles. The first-order valence-electron chi connectivity index (χ1n) is 10.1. The van der Waals surface area contributed by atoms with Crippen LogP contribution in [0.2, 0.25) is 0 Å². The van der Waals surface area contributed by atoms with Crippen LogP contribution in [-0.4, -0.2) is 28.0 Å². The minimum absolute atomic E-state index is 0.00688. The van der Waals surface area contributed by atoms with Crippen molar-refractivity contribution in [3.05, 3.63) is 71.5 Å². The van der Waals surface area contributed by atoms with Gasteiger partial charge in [0, 0.05) is 6.07 Å². The second kappa shape index (κ2) is 8.47. The van der Waals surface area contributed by atoms with Crippen molar-refractivity contribution < 1.29 is 9.53 Å². The Hall–Kier alpha value is -3.15. The van der Waals surface area contributed by atoms with E-state index in [9.17, 15) is 4.79 Å². The van der Waals surface area contributed by atoms with Crippen LogP contribution in [0.1, 0.15) is 53.5 Å². The molecule has 1 aliphatic carbocycles. The van der Waals surface area contributed by atoms with Crippen LogP contribution in [-0.2, 0) is 0 Å². The van der Waals surface area contributed by atoms with Gasteiger partial charge in [-0.25, -0.2) is 4.68 Å². The summed E-state index contributed by atoms with van der Waals surface area (Å²) in [6.45, 7) is 1.86. The maximum Gasteiger partial charge on any atom is 0.274 e. The molecule has 0 spiro atoms. The van der Waals surface area contributed by atoms with Crippen molar-refractivity contribution in [1.82, 2.24) is 20.3 Å². The topological polar surface area (TPSA) is 69.0 Å². The minimum Gasteiger partial charge on any atom is -0.497 e. The Morgan fingerprint density at radius 2 is 1.90 bits per heavy atom. The molecule has 1 atom stereocenters. The molecule has 2 aromatic carbocycles. The molecule has 29 heavy (non-hydrogen) atoms. The molecule has 1 aliphatic rings. The number of ether oxygens (including phenoxy) is 1. The number of nitrogens with one attached hydrogen (secondary N) is 1. The monoisotopic (exact) mass is 390 g/mol. The highest BCUT2D eigenvalue weighted by Gasteiger charge is 2.29. The molecular weight excluding hydrogens is 364 g/mol. The standard InChI is InChI=1S/C23H26N4O2/c1-16-21(25-26-27(16)19-13-8-14-20(15-19)29-2)23(28)24-22(18-11-6-7-12-18)17-9-4-3-5-10-17/h3-5,8-10,13-15,18,22H,6-7,11-12H2,1-2H3,(H,24,28). The van der Waals surface area contributed by atoms with Crippen molar-refractivity contribution in [2.75, 3.05) is 7.11 Å². The maximum absolute atomic E-state index is 13.1. The van der Waals surface area contributed by atoms with Crippen molar-refractivity contribution in [3.8, 4) is 11.4 Å². The zero-order valence-electron chi connectivity index (χ0n) is 16.8. The lowest BCUT2D eigenvalue weighted by Gasteiger charge is -2.25. The number of hydrogen-bond acceptors (Lipinski definition) is 4. The number of amides is 1. The number of rotatable bonds is 6. The Labute approximate surface area is 170 Å². The lowest BCUT2D eigenvalue weighted by molar-refractivity contribution is 0.0916. The summed E-state index contributed by atoms with van der Waals surface area (Å²) in [5, 5.41) is 11.6. The summed E-state index contributed by atoms with van der Waals surface area (Å²) >= 11 is 0. The van der Waals surface area contributed by atoms with Gasteiger partial charge in [-0.3, -0.25) is 4.79 Å². The van der Waals surface area contributed by atoms with E-state index in [2.05, 4.69) is 27.8 Å². The lowest BCUT2D eigenvalue weighted by atomic mass is 9.91. The minimum atomic E-state index is -0.183. The largest absolute Gasteiger partial charge is 0.497 e. The highest BCUT2D eigenvalue weighted by atomic mass is 16.5. The number of hydrogen-bond donors (Lipinski definition) is 1. The van der Waals surface area contributed by atoms with Crippen molar-refractivity contribution >= 4 is 5.91 Å². The summed E-state index contributed by atoms with van der Waals surface area (Å²) in [6, 6.07) is 17.8. The van der Waals surface area contributed by atoms with Crippen LogP contribution < -0.4 is 10.1 Å². The van der Waals surface area contributed by atoms with Gasteiger partial charge >= 0.3 is 0 Å². The van der Waals surface area contributed by atoms with Gasteiger partial charge in [0.2, 0.25) is 0 Å². The predicted octanol–water partition coefficient (Wildman–Crippen LogP) is 4.25. The number of carbonyl (C=O) groups excluding carboxylic acids is 1. The molecule has 1 unspecified atom stereocenters. The molecule has 1 fully saturated rings. The normalized spacial score (nSPS) is 15.2. The second-order valence-electron chi connectivity index (χ2n) is 7.54. The summed E-state index contributed by atoms with van der Waals surface area (Å²) in [4.78, 5) is 13.1. The molecule has 6 nitrogen and oxygen atoms in total. The molecule has 0 bridgehead atoms. The fraction of sp³-hybridized carbons (Fsp3) is 0.348. The van der Waals surface area contributed by atoms with Crippen LogP contribution in [0.15, 0.2) is 54.6 Å². The second-order valence-corrected chi connectivity index (χ2v) is 7.54. The Morgan fingerprint density at radius 1 is 1.14 bits per heavy atom. The molecule has 1 aromatic heterocycles. The van der Waals surface area contributed by atoms with Crippen LogP contribution in [0, 0.1) is 12.8 Å². The average molecular weight is 390 g/mol. The van der Waals surface area contributed by atoms with Gasteiger partial charge in [-0.15, -0.1) is 5.10 Å². The third-order valence-corrected chi connectivity index (χ3v) is 5.72. The van der Waals surface area contributed by atoms with E-state index in [1.54, 1.807) is 11.8 Å². The molecular formula is C23H26N4O2.